The molecule has 0 unspecified atom stereocenters. The summed E-state index contributed by atoms with van der Waals surface area (Å²) in [6.07, 6.45) is 0. The Morgan fingerprint density at radius 3 is 2.44 bits per heavy atom. The lowest BCUT2D eigenvalue weighted by atomic mass is 10.1. The number of hydroxylamine groups is 1. The first-order valence-corrected chi connectivity index (χ1v) is 9.90. The Labute approximate surface area is 182 Å². The zero-order valence-electron chi connectivity index (χ0n) is 16.9. The van der Waals surface area contributed by atoms with Crippen molar-refractivity contribution < 1.29 is 24.3 Å². The van der Waals surface area contributed by atoms with Crippen LogP contribution in [0.2, 0.25) is 0 Å². The molecule has 4 N–H and O–H groups in total. The number of carbonyl (C=O) groups excluding carboxylic acids is 2. The first-order valence-electron chi connectivity index (χ1n) is 9.90. The van der Waals surface area contributed by atoms with E-state index in [9.17, 15) is 9.59 Å². The molecule has 1 aromatic heterocycles. The van der Waals surface area contributed by atoms with Gasteiger partial charge >= 0.3 is 0 Å². The number of hydrogen-bond donors (Lipinski definition) is 3. The van der Waals surface area contributed by atoms with Crippen molar-refractivity contribution in [3.8, 4) is 22.8 Å². The molecule has 4 aromatic rings. The highest BCUT2D eigenvalue weighted by atomic mass is 16.7. The fraction of sp³-hybridized carbons (Fsp3) is 0.0833. The molecule has 3 aromatic carbocycles. The summed E-state index contributed by atoms with van der Waals surface area (Å²) in [6, 6.07) is 20.1. The van der Waals surface area contributed by atoms with Crippen LogP contribution in [0.4, 0.5) is 0 Å². The molecule has 2 heterocycles. The van der Waals surface area contributed by atoms with Gasteiger partial charge in [-0.1, -0.05) is 12.1 Å². The number of hydrogen-bond acceptors (Lipinski definition) is 5. The van der Waals surface area contributed by atoms with E-state index in [1.165, 1.54) is 0 Å². The van der Waals surface area contributed by atoms with Crippen LogP contribution in [0, 0.1) is 0 Å². The number of nitrogens with one attached hydrogen (secondary N) is 1. The number of carbonyl (C=O) groups is 2. The van der Waals surface area contributed by atoms with E-state index in [1.807, 2.05) is 42.5 Å². The minimum absolute atomic E-state index is 0.192. The zero-order chi connectivity index (χ0) is 22.2. The predicted octanol–water partition coefficient (Wildman–Crippen LogP) is 3.30. The number of amides is 2. The Morgan fingerprint density at radius 1 is 0.938 bits per heavy atom. The molecule has 0 bridgehead atoms. The molecule has 0 spiro atoms. The van der Waals surface area contributed by atoms with Gasteiger partial charge in [-0.05, 0) is 60.2 Å². The van der Waals surface area contributed by atoms with Crippen molar-refractivity contribution in [3.63, 3.8) is 0 Å². The van der Waals surface area contributed by atoms with Crippen LogP contribution in [0.25, 0.3) is 22.2 Å². The largest absolute Gasteiger partial charge is 0.454 e. The maximum absolute atomic E-state index is 11.7. The maximum atomic E-state index is 11.7. The highest BCUT2D eigenvalue weighted by molar-refractivity contribution is 5.98. The first kappa shape index (κ1) is 19.7. The summed E-state index contributed by atoms with van der Waals surface area (Å²) in [7, 11) is 0. The van der Waals surface area contributed by atoms with Crippen LogP contribution >= 0.6 is 0 Å². The van der Waals surface area contributed by atoms with Crippen molar-refractivity contribution in [2.45, 2.75) is 6.54 Å². The maximum Gasteiger partial charge on any atom is 0.274 e. The van der Waals surface area contributed by atoms with E-state index >= 15 is 0 Å². The first-order chi connectivity index (χ1) is 15.5. The summed E-state index contributed by atoms with van der Waals surface area (Å²) in [5.74, 6) is 0.326. The summed E-state index contributed by atoms with van der Waals surface area (Å²) in [5.41, 5.74) is 11.6. The molecule has 8 heteroatoms. The molecule has 0 radical (unpaired) electrons. The van der Waals surface area contributed by atoms with Gasteiger partial charge in [0.1, 0.15) is 0 Å². The fourth-order valence-electron chi connectivity index (χ4n) is 3.90. The van der Waals surface area contributed by atoms with E-state index in [0.717, 1.165) is 27.7 Å². The molecule has 0 atom stereocenters. The van der Waals surface area contributed by atoms with E-state index in [1.54, 1.807) is 29.7 Å². The van der Waals surface area contributed by atoms with E-state index in [-0.39, 0.29) is 6.79 Å². The van der Waals surface area contributed by atoms with Crippen LogP contribution in [0.1, 0.15) is 26.3 Å². The molecule has 0 saturated carbocycles. The lowest BCUT2D eigenvalue weighted by Gasteiger charge is -2.12. The summed E-state index contributed by atoms with van der Waals surface area (Å²) < 4.78 is 13.1. The van der Waals surface area contributed by atoms with Crippen LogP contribution in [0.5, 0.6) is 11.5 Å². The van der Waals surface area contributed by atoms with Gasteiger partial charge in [-0.25, -0.2) is 5.48 Å². The summed E-state index contributed by atoms with van der Waals surface area (Å²) in [4.78, 5) is 23.3. The topological polar surface area (TPSA) is 116 Å². The Morgan fingerprint density at radius 2 is 1.69 bits per heavy atom. The van der Waals surface area contributed by atoms with Crippen molar-refractivity contribution in [2.24, 2.45) is 5.73 Å². The monoisotopic (exact) mass is 429 g/mol. The van der Waals surface area contributed by atoms with Gasteiger partial charge in [0.15, 0.2) is 11.5 Å². The summed E-state index contributed by atoms with van der Waals surface area (Å²) in [6.45, 7) is 0.710. The number of aromatic nitrogens is 1. The Balaban J connectivity index is 1.61. The molecule has 1 aliphatic rings. The van der Waals surface area contributed by atoms with Crippen molar-refractivity contribution in [3.05, 3.63) is 83.4 Å². The van der Waals surface area contributed by atoms with Gasteiger partial charge in [0.2, 0.25) is 12.7 Å². The van der Waals surface area contributed by atoms with Gasteiger partial charge in [0.25, 0.3) is 5.91 Å². The third-order valence-corrected chi connectivity index (χ3v) is 5.51. The van der Waals surface area contributed by atoms with Crippen LogP contribution in [0.15, 0.2) is 66.7 Å². The molecule has 32 heavy (non-hydrogen) atoms. The second kappa shape index (κ2) is 7.75. The second-order valence-corrected chi connectivity index (χ2v) is 7.46. The predicted molar refractivity (Wildman–Crippen MR) is 117 cm³/mol. The number of primary amides is 1. The van der Waals surface area contributed by atoms with Gasteiger partial charge in [0, 0.05) is 39.8 Å². The number of nitrogens with zero attached hydrogens (tertiary/aromatic N) is 1. The third-order valence-electron chi connectivity index (χ3n) is 5.51. The molecule has 0 fully saturated rings. The highest BCUT2D eigenvalue weighted by Gasteiger charge is 2.18. The average molecular weight is 429 g/mol. The van der Waals surface area contributed by atoms with Gasteiger partial charge in [-0.15, -0.1) is 0 Å². The van der Waals surface area contributed by atoms with E-state index < -0.39 is 11.8 Å². The van der Waals surface area contributed by atoms with Crippen LogP contribution < -0.4 is 20.7 Å². The van der Waals surface area contributed by atoms with Crippen LogP contribution in [-0.2, 0) is 6.54 Å². The van der Waals surface area contributed by atoms with Crippen LogP contribution in [0.3, 0.4) is 0 Å². The fourth-order valence-corrected chi connectivity index (χ4v) is 3.90. The summed E-state index contributed by atoms with van der Waals surface area (Å²) >= 11 is 0. The SMILES string of the molecule is NC(=O)c1ccc2c(c1)cc(-c1ccc3c(c1)OCO3)n2Cc1ccc(C(=O)NO)cc1. The second-order valence-electron chi connectivity index (χ2n) is 7.46. The molecular formula is C24H19N3O5. The normalized spacial score (nSPS) is 12.2. The van der Waals surface area contributed by atoms with Crippen LogP contribution in [-0.4, -0.2) is 28.4 Å². The Hall–Kier alpha value is -4.30. The number of rotatable bonds is 5. The minimum atomic E-state index is -0.567. The molecule has 0 saturated heterocycles. The summed E-state index contributed by atoms with van der Waals surface area (Å²) in [5, 5.41) is 9.70. The Bertz CT molecular complexity index is 1360. The van der Waals surface area contributed by atoms with E-state index in [0.29, 0.717) is 29.2 Å². The van der Waals surface area contributed by atoms with Crippen molar-refractivity contribution in [2.75, 3.05) is 6.79 Å². The van der Waals surface area contributed by atoms with Gasteiger partial charge < -0.3 is 19.8 Å². The minimum Gasteiger partial charge on any atom is -0.454 e. The number of fused-ring (bicyclic) bond motifs is 2. The molecular weight excluding hydrogens is 410 g/mol. The molecule has 2 amide bonds. The lowest BCUT2D eigenvalue weighted by Crippen LogP contribution is -2.18. The average Bonchev–Trinajstić information content (AvgIpc) is 3.42. The van der Waals surface area contributed by atoms with Crippen molar-refractivity contribution >= 4 is 22.7 Å². The standard InChI is InChI=1S/C24H19N3O5/c25-23(28)17-5-7-19-18(9-17)10-20(16-6-8-21-22(11-16)32-13-31-21)27(19)12-14-1-3-15(4-2-14)24(29)26-30/h1-11,30H,12-13H2,(H2,25,28)(H,26,29). The highest BCUT2D eigenvalue weighted by Crippen LogP contribution is 2.38. The molecule has 160 valence electrons. The third kappa shape index (κ3) is 3.42. The quantitative estimate of drug-likeness (QED) is 0.333. The smallest absolute Gasteiger partial charge is 0.274 e. The number of benzene rings is 3. The van der Waals surface area contributed by atoms with Gasteiger partial charge in [-0.2, -0.15) is 0 Å². The zero-order valence-corrected chi connectivity index (χ0v) is 16.9. The van der Waals surface area contributed by atoms with Crippen molar-refractivity contribution in [1.82, 2.24) is 10.0 Å². The number of ether oxygens (including phenoxy) is 2. The molecule has 5 rings (SSSR count). The lowest BCUT2D eigenvalue weighted by molar-refractivity contribution is 0.0706. The van der Waals surface area contributed by atoms with E-state index in [4.69, 9.17) is 20.4 Å². The van der Waals surface area contributed by atoms with Gasteiger partial charge in [-0.3, -0.25) is 14.8 Å². The van der Waals surface area contributed by atoms with Crippen molar-refractivity contribution in [1.29, 1.82) is 0 Å². The Kier molecular flexibility index (Phi) is 4.76. The van der Waals surface area contributed by atoms with E-state index in [2.05, 4.69) is 4.57 Å². The molecule has 1 aliphatic heterocycles. The number of nitrogens with two attached hydrogens (primary N) is 1. The van der Waals surface area contributed by atoms with Gasteiger partial charge in [0.05, 0.1) is 0 Å². The molecule has 0 aliphatic carbocycles. The molecule has 8 nitrogen and oxygen atoms in total.